The van der Waals surface area contributed by atoms with Crippen molar-refractivity contribution in [2.24, 2.45) is 0 Å². The fraction of sp³-hybridized carbons (Fsp3) is 0.417. The van der Waals surface area contributed by atoms with Crippen LogP contribution in [0.1, 0.15) is 13.8 Å². The van der Waals surface area contributed by atoms with Crippen molar-refractivity contribution in [3.63, 3.8) is 0 Å². The van der Waals surface area contributed by atoms with Crippen LogP contribution in [-0.4, -0.2) is 40.2 Å². The molecule has 0 saturated carbocycles. The molecule has 5 nitrogen and oxygen atoms in total. The van der Waals surface area contributed by atoms with E-state index in [2.05, 4.69) is 41.0 Å². The van der Waals surface area contributed by atoms with Crippen LogP contribution in [0.5, 0.6) is 0 Å². The number of rotatable bonds is 5. The van der Waals surface area contributed by atoms with Gasteiger partial charge in [-0.3, -0.25) is 4.79 Å². The van der Waals surface area contributed by atoms with Crippen LogP contribution in [0.25, 0.3) is 0 Å². The number of aldehydes is 1. The summed E-state index contributed by atoms with van der Waals surface area (Å²) in [5.41, 5.74) is 0. The summed E-state index contributed by atoms with van der Waals surface area (Å²) >= 11 is 8.02. The Hall–Kier alpha value is 0.720. The molecule has 9 heteroatoms. The number of alkyl halides is 1. The molecule has 0 aliphatic heterocycles. The van der Waals surface area contributed by atoms with Crippen LogP contribution in [0.3, 0.4) is 0 Å². The van der Waals surface area contributed by atoms with Gasteiger partial charge in [-0.2, -0.15) is 12.6 Å². The SMILES string of the molecule is CC=CS.CC=CSCC(=O)NCO.O=CCBr.[CH2-]O.[Na+]. The number of halogens is 1. The first-order valence-corrected chi connectivity index (χ1v) is 8.00. The van der Waals surface area contributed by atoms with E-state index < -0.39 is 0 Å². The summed E-state index contributed by atoms with van der Waals surface area (Å²) in [5, 5.41) is 21.2. The third-order valence-corrected chi connectivity index (χ3v) is 2.39. The van der Waals surface area contributed by atoms with Crippen LogP contribution in [-0.2, 0) is 9.59 Å². The van der Waals surface area contributed by atoms with E-state index in [1.165, 1.54) is 11.8 Å². The van der Waals surface area contributed by atoms with E-state index in [-0.39, 0.29) is 42.2 Å². The van der Waals surface area contributed by atoms with Crippen LogP contribution in [0, 0.1) is 7.11 Å². The van der Waals surface area contributed by atoms with Crippen molar-refractivity contribution < 1.29 is 49.4 Å². The molecule has 0 aliphatic carbocycles. The molecule has 0 aromatic heterocycles. The summed E-state index contributed by atoms with van der Waals surface area (Å²) in [5.74, 6) is 0.218. The zero-order valence-electron chi connectivity index (χ0n) is 12.7. The molecule has 120 valence electrons. The average Bonchev–Trinajstić information content (AvgIpc) is 2.50. The van der Waals surface area contributed by atoms with E-state index in [0.29, 0.717) is 11.1 Å². The molecule has 0 fully saturated rings. The number of thioether (sulfide) groups is 1. The molecule has 0 bridgehead atoms. The van der Waals surface area contributed by atoms with Crippen LogP contribution >= 0.6 is 40.3 Å². The summed E-state index contributed by atoms with van der Waals surface area (Å²) < 4.78 is 0. The molecule has 0 heterocycles. The average molecular weight is 412 g/mol. The van der Waals surface area contributed by atoms with Gasteiger partial charge in [0.15, 0.2) is 0 Å². The van der Waals surface area contributed by atoms with Gasteiger partial charge in [0.05, 0.1) is 11.1 Å². The summed E-state index contributed by atoms with van der Waals surface area (Å²) in [6, 6.07) is 0. The fourth-order valence-electron chi connectivity index (χ4n) is 0.359. The van der Waals surface area contributed by atoms with E-state index in [0.717, 1.165) is 6.29 Å². The number of carbonyl (C=O) groups is 2. The van der Waals surface area contributed by atoms with Crippen molar-refractivity contribution in [3.8, 4) is 0 Å². The second kappa shape index (κ2) is 42.8. The molecule has 0 atom stereocenters. The predicted octanol–water partition coefficient (Wildman–Crippen LogP) is -0.496. The van der Waals surface area contributed by atoms with Gasteiger partial charge in [-0.15, -0.1) is 11.8 Å². The summed E-state index contributed by atoms with van der Waals surface area (Å²) in [7, 11) is 2.25. The Morgan fingerprint density at radius 1 is 1.38 bits per heavy atom. The van der Waals surface area contributed by atoms with Crippen molar-refractivity contribution >= 4 is 52.5 Å². The van der Waals surface area contributed by atoms with E-state index in [9.17, 15) is 4.79 Å². The Kier molecular flexibility index (Phi) is 68.0. The molecule has 21 heavy (non-hydrogen) atoms. The number of allylic oxidation sites excluding steroid dienone is 2. The molecule has 0 saturated heterocycles. The summed E-state index contributed by atoms with van der Waals surface area (Å²) in [6.45, 7) is 3.53. The van der Waals surface area contributed by atoms with Crippen LogP contribution < -0.4 is 34.9 Å². The third-order valence-electron chi connectivity index (χ3n) is 0.935. The Morgan fingerprint density at radius 3 is 2.05 bits per heavy atom. The van der Waals surface area contributed by atoms with Gasteiger partial charge in [-0.05, 0) is 24.7 Å². The van der Waals surface area contributed by atoms with Crippen LogP contribution in [0.15, 0.2) is 23.0 Å². The Morgan fingerprint density at radius 2 is 1.81 bits per heavy atom. The van der Waals surface area contributed by atoms with Gasteiger partial charge in [-0.1, -0.05) is 28.1 Å². The van der Waals surface area contributed by atoms with Crippen molar-refractivity contribution in [2.45, 2.75) is 13.8 Å². The molecule has 0 aromatic rings. The van der Waals surface area contributed by atoms with Gasteiger partial charge in [0.25, 0.3) is 0 Å². The summed E-state index contributed by atoms with van der Waals surface area (Å²) in [6.07, 6.45) is 4.51. The molecule has 1 amide bonds. The third kappa shape index (κ3) is 63.2. The Balaban J connectivity index is -0.0000000653. The van der Waals surface area contributed by atoms with Gasteiger partial charge in [0.1, 0.15) is 13.0 Å². The van der Waals surface area contributed by atoms with Gasteiger partial charge < -0.3 is 20.3 Å². The maximum atomic E-state index is 10.6. The first kappa shape index (κ1) is 33.4. The second-order valence-corrected chi connectivity index (χ2v) is 4.18. The Bertz CT molecular complexity index is 241. The van der Waals surface area contributed by atoms with Crippen molar-refractivity contribution in [1.82, 2.24) is 5.32 Å². The van der Waals surface area contributed by atoms with Gasteiger partial charge in [-0.25, -0.2) is 7.11 Å². The molecular formula is C12H23BrNNaO4S2. The molecule has 0 spiro atoms. The van der Waals surface area contributed by atoms with E-state index >= 15 is 0 Å². The zero-order chi connectivity index (χ0) is 16.6. The smallest absolute Gasteiger partial charge is 0.569 e. The minimum Gasteiger partial charge on any atom is -0.569 e. The van der Waals surface area contributed by atoms with Crippen molar-refractivity contribution in [2.75, 3.05) is 17.8 Å². The second-order valence-electron chi connectivity index (χ2n) is 2.34. The van der Waals surface area contributed by atoms with Gasteiger partial charge in [0, 0.05) is 0 Å². The molecule has 0 unspecified atom stereocenters. The van der Waals surface area contributed by atoms with Gasteiger partial charge in [0.2, 0.25) is 5.91 Å². The number of aliphatic hydroxyl groups excluding tert-OH is 2. The Labute approximate surface area is 167 Å². The zero-order valence-corrected chi connectivity index (χ0v) is 18.0. The van der Waals surface area contributed by atoms with E-state index in [4.69, 9.17) is 15.0 Å². The number of aliphatic hydroxyl groups is 2. The quantitative estimate of drug-likeness (QED) is 0.122. The molecular weight excluding hydrogens is 389 g/mol. The van der Waals surface area contributed by atoms with Gasteiger partial charge >= 0.3 is 29.6 Å². The molecule has 0 radical (unpaired) electrons. The maximum absolute atomic E-state index is 10.6. The number of carbonyl (C=O) groups excluding carboxylic acids is 2. The van der Waals surface area contributed by atoms with E-state index in [1.54, 1.807) is 5.41 Å². The van der Waals surface area contributed by atoms with Crippen LogP contribution in [0.4, 0.5) is 0 Å². The molecule has 0 aromatic carbocycles. The first-order chi connectivity index (χ1) is 9.64. The number of amides is 1. The number of hydrogen-bond donors (Lipinski definition) is 4. The number of hydrogen-bond acceptors (Lipinski definition) is 6. The fourth-order valence-corrected chi connectivity index (χ4v) is 0.901. The minimum absolute atomic E-state index is 0. The van der Waals surface area contributed by atoms with E-state index in [1.807, 2.05) is 31.4 Å². The normalized spacial score (nSPS) is 8.14. The number of nitrogens with one attached hydrogen (secondary N) is 1. The molecule has 0 aliphatic rings. The maximum Gasteiger partial charge on any atom is 1.00 e. The van der Waals surface area contributed by atoms with Crippen LogP contribution in [0.2, 0.25) is 0 Å². The molecule has 0 rings (SSSR count). The monoisotopic (exact) mass is 411 g/mol. The predicted molar refractivity (Wildman–Crippen MR) is 93.5 cm³/mol. The minimum atomic E-state index is -0.283. The summed E-state index contributed by atoms with van der Waals surface area (Å²) in [4.78, 5) is 19.7. The first-order valence-electron chi connectivity index (χ1n) is 5.31. The van der Waals surface area contributed by atoms with Crippen molar-refractivity contribution in [3.05, 3.63) is 30.1 Å². The van der Waals surface area contributed by atoms with Crippen molar-refractivity contribution in [1.29, 1.82) is 0 Å². The topological polar surface area (TPSA) is 86.6 Å². The largest absolute Gasteiger partial charge is 1.00 e. The number of thiol groups is 1. The standard InChI is InChI=1S/C6H11NO2S.C3H6S.C2H3BrO.CH3O.Na/c1-2-3-10-4-6(9)7-5-8;1-2-3-4;3-1-2-4;1-2;/h2-3,8H,4-5H2,1H3,(H,7,9);2-4H,1H3;2H,1H2;2H,1H2;/q;;;-1;+1. The molecule has 3 N–H and O–H groups in total.